The van der Waals surface area contributed by atoms with Crippen LogP contribution in [0.1, 0.15) is 19.8 Å². The molecule has 0 saturated carbocycles. The van der Waals surface area contributed by atoms with E-state index >= 15 is 0 Å². The van der Waals surface area contributed by atoms with Crippen molar-refractivity contribution in [1.29, 1.82) is 10.5 Å². The molecule has 0 aromatic heterocycles. The zero-order valence-corrected chi connectivity index (χ0v) is 12.5. The lowest BCUT2D eigenvalue weighted by Crippen LogP contribution is -2.16. The van der Waals surface area contributed by atoms with Crippen LogP contribution in [-0.2, 0) is 9.53 Å². The van der Waals surface area contributed by atoms with Crippen LogP contribution >= 0.6 is 0 Å². The molecule has 112 valence electrons. The van der Waals surface area contributed by atoms with Crippen LogP contribution in [-0.4, -0.2) is 24.3 Å². The van der Waals surface area contributed by atoms with E-state index in [0.29, 0.717) is 6.42 Å². The van der Waals surface area contributed by atoms with Gasteiger partial charge in [0.1, 0.15) is 17.7 Å². The average Bonchev–Trinajstić information content (AvgIpc) is 2.95. The summed E-state index contributed by atoms with van der Waals surface area (Å²) in [6.45, 7) is 5.61. The Morgan fingerprint density at radius 1 is 1.50 bits per heavy atom. The molecular formula is C17H17N3O2. The molecule has 0 radical (unpaired) electrons. The normalized spacial score (nSPS) is 19.1. The summed E-state index contributed by atoms with van der Waals surface area (Å²) in [4.78, 5) is 15.4. The summed E-state index contributed by atoms with van der Waals surface area (Å²) >= 11 is 0. The maximum Gasteiger partial charge on any atom is 0.330 e. The molecule has 5 heteroatoms. The van der Waals surface area contributed by atoms with Crippen molar-refractivity contribution in [3.8, 4) is 12.1 Å². The van der Waals surface area contributed by atoms with Crippen molar-refractivity contribution in [1.82, 2.24) is 0 Å². The Bertz CT molecular complexity index is 626. The molecule has 1 atom stereocenters. The summed E-state index contributed by atoms with van der Waals surface area (Å²) in [6, 6.07) is 3.60. The Kier molecular flexibility index (Phi) is 6.53. The highest BCUT2D eigenvalue weighted by Gasteiger charge is 2.24. The first-order chi connectivity index (χ1) is 10.6. The number of rotatable bonds is 7. The highest BCUT2D eigenvalue weighted by molar-refractivity contribution is 5.83. The van der Waals surface area contributed by atoms with Gasteiger partial charge in [-0.05, 0) is 24.1 Å². The van der Waals surface area contributed by atoms with Gasteiger partial charge >= 0.3 is 5.97 Å². The highest BCUT2D eigenvalue weighted by atomic mass is 16.5. The van der Waals surface area contributed by atoms with Gasteiger partial charge in [-0.3, -0.25) is 4.99 Å². The first kappa shape index (κ1) is 17.1. The van der Waals surface area contributed by atoms with Crippen molar-refractivity contribution >= 4 is 12.2 Å². The van der Waals surface area contributed by atoms with Crippen LogP contribution in [0.2, 0.25) is 0 Å². The van der Waals surface area contributed by atoms with E-state index in [-0.39, 0.29) is 12.2 Å². The molecule has 0 aliphatic carbocycles. The van der Waals surface area contributed by atoms with E-state index in [1.807, 2.05) is 19.1 Å². The number of nitrogens with zero attached hydrogens (tertiary/aromatic N) is 3. The third-order valence-electron chi connectivity index (χ3n) is 3.16. The summed E-state index contributed by atoms with van der Waals surface area (Å²) in [5, 5.41) is 17.4. The molecule has 0 aromatic rings. The smallest absolute Gasteiger partial charge is 0.330 e. The average molecular weight is 295 g/mol. The standard InChI is InChI=1S/C17H17N3O2/c1-3-16(21)22-9-7-14-10-17(4-2,20-13-14)8-5-6-15(11-18)12-19/h3,5-6,8,10,13H,1,4,7,9H2,2H3. The van der Waals surface area contributed by atoms with Gasteiger partial charge in [-0.25, -0.2) is 4.79 Å². The lowest BCUT2D eigenvalue weighted by atomic mass is 9.95. The van der Waals surface area contributed by atoms with Crippen LogP contribution in [0.4, 0.5) is 0 Å². The van der Waals surface area contributed by atoms with Crippen LogP contribution in [0.5, 0.6) is 0 Å². The maximum absolute atomic E-state index is 11.0. The summed E-state index contributed by atoms with van der Waals surface area (Å²) < 4.78 is 4.94. The minimum absolute atomic E-state index is 0.0463. The summed E-state index contributed by atoms with van der Waals surface area (Å²) in [5.74, 6) is -0.442. The van der Waals surface area contributed by atoms with Gasteiger partial charge in [-0.2, -0.15) is 10.5 Å². The van der Waals surface area contributed by atoms with Gasteiger partial charge in [-0.1, -0.05) is 25.7 Å². The zero-order chi connectivity index (χ0) is 16.4. The lowest BCUT2D eigenvalue weighted by molar-refractivity contribution is -0.137. The molecule has 22 heavy (non-hydrogen) atoms. The van der Waals surface area contributed by atoms with Crippen molar-refractivity contribution in [2.45, 2.75) is 25.3 Å². The highest BCUT2D eigenvalue weighted by Crippen LogP contribution is 2.27. The minimum atomic E-state index is -0.468. The number of hydrogen-bond donors (Lipinski definition) is 0. The minimum Gasteiger partial charge on any atom is -0.462 e. The number of carbonyl (C=O) groups is 1. The van der Waals surface area contributed by atoms with Crippen LogP contribution in [0, 0.1) is 22.7 Å². The Labute approximate surface area is 130 Å². The van der Waals surface area contributed by atoms with Crippen molar-refractivity contribution in [3.05, 3.63) is 48.1 Å². The number of esters is 1. The molecule has 0 aromatic carbocycles. The molecule has 1 rings (SSSR count). The lowest BCUT2D eigenvalue weighted by Gasteiger charge is -2.16. The Hall–Kier alpha value is -2.92. The largest absolute Gasteiger partial charge is 0.462 e. The van der Waals surface area contributed by atoms with Gasteiger partial charge in [0.15, 0.2) is 0 Å². The van der Waals surface area contributed by atoms with Gasteiger partial charge in [0.25, 0.3) is 0 Å². The van der Waals surface area contributed by atoms with E-state index in [9.17, 15) is 4.79 Å². The van der Waals surface area contributed by atoms with Gasteiger partial charge in [0.05, 0.1) is 12.1 Å². The fourth-order valence-corrected chi connectivity index (χ4v) is 1.88. The number of aliphatic imine (C=N–C) groups is 1. The van der Waals surface area contributed by atoms with Crippen LogP contribution in [0.25, 0.3) is 0 Å². The van der Waals surface area contributed by atoms with E-state index in [1.165, 1.54) is 6.08 Å². The SMILES string of the molecule is C=CC(=O)OCCC1=CC(C=CC=C(C#N)C#N)(CC)N=C1. The second-order valence-electron chi connectivity index (χ2n) is 4.61. The van der Waals surface area contributed by atoms with Crippen LogP contribution < -0.4 is 0 Å². The number of hydrogen-bond acceptors (Lipinski definition) is 5. The molecule has 1 aliphatic heterocycles. The fraction of sp³-hybridized carbons (Fsp3) is 0.294. The van der Waals surface area contributed by atoms with Crippen LogP contribution in [0.3, 0.4) is 0 Å². The number of allylic oxidation sites excluding steroid dienone is 3. The molecule has 0 amide bonds. The number of carbonyl (C=O) groups excluding carboxylic acids is 1. The second kappa shape index (κ2) is 8.39. The number of nitriles is 2. The Morgan fingerprint density at radius 3 is 2.82 bits per heavy atom. The molecule has 0 fully saturated rings. The quantitative estimate of drug-likeness (QED) is 0.313. The first-order valence-corrected chi connectivity index (χ1v) is 6.85. The van der Waals surface area contributed by atoms with Gasteiger partial charge in [0, 0.05) is 18.7 Å². The van der Waals surface area contributed by atoms with Crippen molar-refractivity contribution in [2.24, 2.45) is 4.99 Å². The monoisotopic (exact) mass is 295 g/mol. The third-order valence-corrected chi connectivity index (χ3v) is 3.16. The van der Waals surface area contributed by atoms with Crippen molar-refractivity contribution < 1.29 is 9.53 Å². The Morgan fingerprint density at radius 2 is 2.23 bits per heavy atom. The maximum atomic E-state index is 11.0. The van der Waals surface area contributed by atoms with Gasteiger partial charge < -0.3 is 4.74 Å². The van der Waals surface area contributed by atoms with Crippen molar-refractivity contribution in [3.63, 3.8) is 0 Å². The van der Waals surface area contributed by atoms with Gasteiger partial charge in [0.2, 0.25) is 0 Å². The second-order valence-corrected chi connectivity index (χ2v) is 4.61. The molecular weight excluding hydrogens is 278 g/mol. The fourth-order valence-electron chi connectivity index (χ4n) is 1.88. The molecule has 1 heterocycles. The van der Waals surface area contributed by atoms with E-state index < -0.39 is 11.5 Å². The molecule has 0 saturated heterocycles. The van der Waals surface area contributed by atoms with E-state index in [4.69, 9.17) is 15.3 Å². The molecule has 0 N–H and O–H groups in total. The van der Waals surface area contributed by atoms with Gasteiger partial charge in [-0.15, -0.1) is 0 Å². The predicted molar refractivity (Wildman–Crippen MR) is 83.8 cm³/mol. The topological polar surface area (TPSA) is 86.2 Å². The molecule has 1 unspecified atom stereocenters. The van der Waals surface area contributed by atoms with E-state index in [2.05, 4.69) is 11.6 Å². The first-order valence-electron chi connectivity index (χ1n) is 6.85. The predicted octanol–water partition coefficient (Wildman–Crippen LogP) is 2.80. The zero-order valence-electron chi connectivity index (χ0n) is 12.5. The number of ether oxygens (including phenoxy) is 1. The summed E-state index contributed by atoms with van der Waals surface area (Å²) in [5.41, 5.74) is 0.558. The molecule has 1 aliphatic rings. The summed E-state index contributed by atoms with van der Waals surface area (Å²) in [7, 11) is 0. The molecule has 5 nitrogen and oxygen atoms in total. The third kappa shape index (κ3) is 4.88. The summed E-state index contributed by atoms with van der Waals surface area (Å²) in [6.07, 6.45) is 11.2. The van der Waals surface area contributed by atoms with E-state index in [0.717, 1.165) is 18.1 Å². The van der Waals surface area contributed by atoms with E-state index in [1.54, 1.807) is 24.4 Å². The Balaban J connectivity index is 2.71. The molecule has 0 bridgehead atoms. The molecule has 0 spiro atoms. The van der Waals surface area contributed by atoms with Crippen molar-refractivity contribution in [2.75, 3.05) is 6.61 Å². The van der Waals surface area contributed by atoms with Crippen LogP contribution in [0.15, 0.2) is 53.1 Å².